The molecule has 3 aromatic rings. The van der Waals surface area contributed by atoms with Crippen LogP contribution >= 0.6 is 0 Å². The Morgan fingerprint density at radius 2 is 1.83 bits per heavy atom. The topological polar surface area (TPSA) is 95.3 Å². The molecule has 4 rings (SSSR count). The van der Waals surface area contributed by atoms with E-state index in [0.717, 1.165) is 47.1 Å². The van der Waals surface area contributed by atoms with Crippen LogP contribution in [0.1, 0.15) is 25.3 Å². The van der Waals surface area contributed by atoms with Crippen LogP contribution in [0.15, 0.2) is 36.9 Å². The quantitative estimate of drug-likeness (QED) is 0.712. The Hall–Kier alpha value is -3.29. The number of anilines is 1. The van der Waals surface area contributed by atoms with Gasteiger partial charge < -0.3 is 14.9 Å². The van der Waals surface area contributed by atoms with Crippen LogP contribution < -0.4 is 4.90 Å². The van der Waals surface area contributed by atoms with Crippen LogP contribution in [-0.2, 0) is 6.42 Å². The molecule has 1 N–H and O–H groups in total. The first kappa shape index (κ1) is 19.0. The van der Waals surface area contributed by atoms with E-state index in [4.69, 9.17) is 9.97 Å². The van der Waals surface area contributed by atoms with Gasteiger partial charge in [0.05, 0.1) is 11.7 Å². The maximum absolute atomic E-state index is 11.3. The van der Waals surface area contributed by atoms with Gasteiger partial charge in [0.15, 0.2) is 5.82 Å². The maximum atomic E-state index is 11.3. The van der Waals surface area contributed by atoms with Crippen molar-refractivity contribution in [3.05, 3.63) is 42.5 Å². The van der Waals surface area contributed by atoms with Gasteiger partial charge in [-0.25, -0.2) is 14.8 Å². The molecule has 0 spiro atoms. The van der Waals surface area contributed by atoms with E-state index < -0.39 is 6.09 Å². The summed E-state index contributed by atoms with van der Waals surface area (Å²) in [7, 11) is 0. The number of aromatic nitrogens is 4. The summed E-state index contributed by atoms with van der Waals surface area (Å²) in [4.78, 5) is 33.1. The molecule has 8 nitrogen and oxygen atoms in total. The lowest BCUT2D eigenvalue weighted by Crippen LogP contribution is -2.48. The third kappa shape index (κ3) is 3.96. The highest BCUT2D eigenvalue weighted by Gasteiger charge is 2.24. The van der Waals surface area contributed by atoms with Gasteiger partial charge in [-0.1, -0.05) is 13.3 Å². The van der Waals surface area contributed by atoms with Crippen molar-refractivity contribution < 1.29 is 9.90 Å². The van der Waals surface area contributed by atoms with Crippen molar-refractivity contribution in [1.29, 1.82) is 0 Å². The highest BCUT2D eigenvalue weighted by molar-refractivity contribution is 5.93. The molecular weight excluding hydrogens is 368 g/mol. The smallest absolute Gasteiger partial charge is 0.407 e. The molecule has 8 heteroatoms. The highest BCUT2D eigenvalue weighted by Crippen LogP contribution is 2.31. The van der Waals surface area contributed by atoms with Crippen LogP contribution in [0.4, 0.5) is 10.6 Å². The molecule has 0 aliphatic carbocycles. The minimum atomic E-state index is -0.873. The molecule has 29 heavy (non-hydrogen) atoms. The number of rotatable bonds is 5. The average molecular weight is 392 g/mol. The van der Waals surface area contributed by atoms with Gasteiger partial charge in [-0.05, 0) is 30.5 Å². The highest BCUT2D eigenvalue weighted by atomic mass is 16.4. The zero-order chi connectivity index (χ0) is 20.2. The Balaban J connectivity index is 1.81. The van der Waals surface area contributed by atoms with E-state index >= 15 is 0 Å². The molecule has 1 amide bonds. The first-order chi connectivity index (χ1) is 14.2. The molecule has 0 saturated carbocycles. The van der Waals surface area contributed by atoms with Crippen LogP contribution in [0.25, 0.3) is 22.3 Å². The molecule has 0 unspecified atom stereocenters. The third-order valence-corrected chi connectivity index (χ3v) is 5.25. The number of nitrogens with zero attached hydrogens (tertiary/aromatic N) is 6. The Labute approximate surface area is 169 Å². The lowest BCUT2D eigenvalue weighted by Gasteiger charge is -2.34. The van der Waals surface area contributed by atoms with Gasteiger partial charge in [-0.3, -0.25) is 9.97 Å². The van der Waals surface area contributed by atoms with Gasteiger partial charge in [0, 0.05) is 55.7 Å². The van der Waals surface area contributed by atoms with Gasteiger partial charge in [0.25, 0.3) is 0 Å². The number of hydrogen-bond acceptors (Lipinski definition) is 6. The molecule has 1 aliphatic heterocycles. The fraction of sp³-hybridized carbons (Fsp3) is 0.381. The third-order valence-electron chi connectivity index (χ3n) is 5.25. The second-order valence-electron chi connectivity index (χ2n) is 7.16. The minimum absolute atomic E-state index is 0.459. The number of piperazine rings is 1. The molecular formula is C21H24N6O2. The molecule has 150 valence electrons. The van der Waals surface area contributed by atoms with Crippen molar-refractivity contribution in [1.82, 2.24) is 24.8 Å². The lowest BCUT2D eigenvalue weighted by molar-refractivity contribution is 0.142. The average Bonchev–Trinajstić information content (AvgIpc) is 2.77. The van der Waals surface area contributed by atoms with E-state index in [2.05, 4.69) is 21.8 Å². The molecule has 0 radical (unpaired) electrons. The predicted molar refractivity (Wildman–Crippen MR) is 111 cm³/mol. The van der Waals surface area contributed by atoms with E-state index in [1.165, 1.54) is 4.90 Å². The Morgan fingerprint density at radius 1 is 1.07 bits per heavy atom. The Kier molecular flexibility index (Phi) is 5.50. The second-order valence-corrected chi connectivity index (χ2v) is 7.16. The van der Waals surface area contributed by atoms with Crippen LogP contribution in [0, 0.1) is 0 Å². The molecule has 1 fully saturated rings. The fourth-order valence-corrected chi connectivity index (χ4v) is 3.65. The summed E-state index contributed by atoms with van der Waals surface area (Å²) in [5.41, 5.74) is 2.85. The SMILES string of the molecule is CCCCc1cncc2nc(-c3ccncc3)nc(N3CCN(C(=O)O)CC3)c12. The molecule has 0 bridgehead atoms. The van der Waals surface area contributed by atoms with E-state index in [-0.39, 0.29) is 0 Å². The van der Waals surface area contributed by atoms with Crippen LogP contribution in [0.2, 0.25) is 0 Å². The van der Waals surface area contributed by atoms with Gasteiger partial charge in [-0.2, -0.15) is 0 Å². The van der Waals surface area contributed by atoms with Gasteiger partial charge >= 0.3 is 6.09 Å². The molecule has 4 heterocycles. The largest absolute Gasteiger partial charge is 0.465 e. The number of carbonyl (C=O) groups is 1. The summed E-state index contributed by atoms with van der Waals surface area (Å²) in [5.74, 6) is 1.49. The molecule has 0 atom stereocenters. The molecule has 1 aliphatic rings. The first-order valence-corrected chi connectivity index (χ1v) is 9.95. The monoisotopic (exact) mass is 392 g/mol. The number of amides is 1. The Bertz CT molecular complexity index is 1000. The normalized spacial score (nSPS) is 14.4. The lowest BCUT2D eigenvalue weighted by atomic mass is 10.0. The summed E-state index contributed by atoms with van der Waals surface area (Å²) >= 11 is 0. The van der Waals surface area contributed by atoms with Crippen molar-refractivity contribution >= 4 is 22.8 Å². The molecule has 1 saturated heterocycles. The molecule has 3 aromatic heterocycles. The van der Waals surface area contributed by atoms with Crippen molar-refractivity contribution in [3.8, 4) is 11.4 Å². The van der Waals surface area contributed by atoms with E-state index in [1.54, 1.807) is 18.6 Å². The number of pyridine rings is 2. The zero-order valence-corrected chi connectivity index (χ0v) is 16.5. The van der Waals surface area contributed by atoms with E-state index in [1.807, 2.05) is 18.3 Å². The number of fused-ring (bicyclic) bond motifs is 1. The summed E-state index contributed by atoms with van der Waals surface area (Å²) in [6.07, 6.45) is 9.36. The zero-order valence-electron chi connectivity index (χ0n) is 16.5. The fourth-order valence-electron chi connectivity index (χ4n) is 3.65. The number of aryl methyl sites for hydroxylation is 1. The number of unbranched alkanes of at least 4 members (excludes halogenated alkanes) is 1. The predicted octanol–water partition coefficient (Wildman–Crippen LogP) is 3.23. The maximum Gasteiger partial charge on any atom is 0.407 e. The van der Waals surface area contributed by atoms with Crippen molar-refractivity contribution in [2.45, 2.75) is 26.2 Å². The van der Waals surface area contributed by atoms with Crippen LogP contribution in [-0.4, -0.2) is 62.2 Å². The molecule has 0 aromatic carbocycles. The van der Waals surface area contributed by atoms with Gasteiger partial charge in [0.1, 0.15) is 5.82 Å². The second kappa shape index (κ2) is 8.38. The minimum Gasteiger partial charge on any atom is -0.465 e. The summed E-state index contributed by atoms with van der Waals surface area (Å²) in [6.45, 7) is 4.29. The van der Waals surface area contributed by atoms with Crippen LogP contribution in [0.5, 0.6) is 0 Å². The van der Waals surface area contributed by atoms with Gasteiger partial charge in [0.2, 0.25) is 0 Å². The summed E-state index contributed by atoms with van der Waals surface area (Å²) in [6, 6.07) is 3.78. The summed E-state index contributed by atoms with van der Waals surface area (Å²) < 4.78 is 0. The first-order valence-electron chi connectivity index (χ1n) is 9.95. The van der Waals surface area contributed by atoms with Crippen LogP contribution in [0.3, 0.4) is 0 Å². The van der Waals surface area contributed by atoms with E-state index in [9.17, 15) is 9.90 Å². The standard InChI is InChI=1S/C21H24N6O2/c1-2-3-4-16-13-23-14-17-18(16)20(26-9-11-27(12-10-26)21(28)29)25-19(24-17)15-5-7-22-8-6-15/h5-8,13-14H,2-4,9-12H2,1H3,(H,28,29). The Morgan fingerprint density at radius 3 is 2.52 bits per heavy atom. The van der Waals surface area contributed by atoms with Crippen molar-refractivity contribution in [3.63, 3.8) is 0 Å². The van der Waals surface area contributed by atoms with E-state index in [0.29, 0.717) is 32.0 Å². The van der Waals surface area contributed by atoms with Crippen molar-refractivity contribution in [2.75, 3.05) is 31.1 Å². The number of carboxylic acid groups (broad SMARTS) is 1. The number of hydrogen-bond donors (Lipinski definition) is 1. The summed E-state index contributed by atoms with van der Waals surface area (Å²) in [5, 5.41) is 10.3. The van der Waals surface area contributed by atoms with Gasteiger partial charge in [-0.15, -0.1) is 0 Å². The van der Waals surface area contributed by atoms with Crippen molar-refractivity contribution in [2.24, 2.45) is 0 Å².